The number of anilines is 1. The highest BCUT2D eigenvalue weighted by atomic mass is 16.2. The van der Waals surface area contributed by atoms with Gasteiger partial charge in [-0.2, -0.15) is 0 Å². The predicted molar refractivity (Wildman–Crippen MR) is 92.6 cm³/mol. The maximum Gasteiger partial charge on any atom is 0.232 e. The number of carbonyl (C=O) groups excluding carboxylic acids is 1. The number of hydrogen-bond donors (Lipinski definition) is 1. The summed E-state index contributed by atoms with van der Waals surface area (Å²) < 4.78 is 0. The second kappa shape index (κ2) is 7.60. The summed E-state index contributed by atoms with van der Waals surface area (Å²) in [6, 6.07) is 8.03. The van der Waals surface area contributed by atoms with Gasteiger partial charge in [-0.15, -0.1) is 0 Å². The fourth-order valence-corrected chi connectivity index (χ4v) is 1.98. The van der Waals surface area contributed by atoms with Crippen LogP contribution in [-0.2, 0) is 11.2 Å². The fraction of sp³-hybridized carbons (Fsp3) is 0.611. The van der Waals surface area contributed by atoms with Crippen LogP contribution in [0.3, 0.4) is 0 Å². The third-order valence-corrected chi connectivity index (χ3v) is 2.93. The van der Waals surface area contributed by atoms with Crippen molar-refractivity contribution in [3.05, 3.63) is 29.8 Å². The zero-order valence-corrected chi connectivity index (χ0v) is 14.9. The first-order valence-electron chi connectivity index (χ1n) is 7.67. The SMILES string of the molecule is CC.CN(C(=O)C(C)(C)C)c1ccc(CC(C)(C)N)cc1. The number of rotatable bonds is 3. The van der Waals surface area contributed by atoms with E-state index in [1.165, 1.54) is 5.56 Å². The summed E-state index contributed by atoms with van der Waals surface area (Å²) >= 11 is 0. The Balaban J connectivity index is 0.00000191. The van der Waals surface area contributed by atoms with Gasteiger partial charge in [0.25, 0.3) is 0 Å². The Morgan fingerprint density at radius 1 is 1.05 bits per heavy atom. The molecule has 0 bridgehead atoms. The molecule has 120 valence electrons. The smallest absolute Gasteiger partial charge is 0.232 e. The normalized spacial score (nSPS) is 11.5. The predicted octanol–water partition coefficient (Wildman–Crippen LogP) is 4.00. The minimum Gasteiger partial charge on any atom is -0.325 e. The van der Waals surface area contributed by atoms with Crippen LogP contribution in [0.15, 0.2) is 24.3 Å². The van der Waals surface area contributed by atoms with Crippen molar-refractivity contribution < 1.29 is 4.79 Å². The molecule has 3 nitrogen and oxygen atoms in total. The van der Waals surface area contributed by atoms with Gasteiger partial charge >= 0.3 is 0 Å². The molecule has 0 aliphatic carbocycles. The van der Waals surface area contributed by atoms with E-state index in [0.717, 1.165) is 12.1 Å². The molecule has 1 rings (SSSR count). The van der Waals surface area contributed by atoms with E-state index < -0.39 is 0 Å². The molecule has 0 spiro atoms. The maximum absolute atomic E-state index is 12.2. The van der Waals surface area contributed by atoms with Gasteiger partial charge in [-0.05, 0) is 38.0 Å². The Labute approximate surface area is 130 Å². The number of benzene rings is 1. The van der Waals surface area contributed by atoms with Crippen molar-refractivity contribution in [2.75, 3.05) is 11.9 Å². The van der Waals surface area contributed by atoms with Crippen molar-refractivity contribution in [3.63, 3.8) is 0 Å². The molecular weight excluding hydrogens is 260 g/mol. The monoisotopic (exact) mass is 292 g/mol. The van der Waals surface area contributed by atoms with Crippen molar-refractivity contribution >= 4 is 11.6 Å². The number of nitrogens with zero attached hydrogens (tertiary/aromatic N) is 1. The van der Waals surface area contributed by atoms with Gasteiger partial charge in [0.15, 0.2) is 0 Å². The van der Waals surface area contributed by atoms with E-state index in [4.69, 9.17) is 5.73 Å². The quantitative estimate of drug-likeness (QED) is 0.915. The molecule has 1 aromatic rings. The molecule has 0 atom stereocenters. The van der Waals surface area contributed by atoms with Crippen LogP contribution in [0.25, 0.3) is 0 Å². The van der Waals surface area contributed by atoms with Crippen LogP contribution < -0.4 is 10.6 Å². The number of carbonyl (C=O) groups is 1. The molecule has 1 aromatic carbocycles. The van der Waals surface area contributed by atoms with Crippen molar-refractivity contribution in [2.45, 2.75) is 60.4 Å². The topological polar surface area (TPSA) is 46.3 Å². The third kappa shape index (κ3) is 6.76. The van der Waals surface area contributed by atoms with Gasteiger partial charge in [0.2, 0.25) is 5.91 Å². The molecule has 0 fully saturated rings. The summed E-state index contributed by atoms with van der Waals surface area (Å²) in [5, 5.41) is 0. The Morgan fingerprint density at radius 2 is 1.48 bits per heavy atom. The molecular formula is C18H32N2O. The Bertz CT molecular complexity index is 436. The van der Waals surface area contributed by atoms with Gasteiger partial charge in [0.1, 0.15) is 0 Å². The van der Waals surface area contributed by atoms with Crippen molar-refractivity contribution in [3.8, 4) is 0 Å². The van der Waals surface area contributed by atoms with Crippen LogP contribution in [0, 0.1) is 5.41 Å². The lowest BCUT2D eigenvalue weighted by atomic mass is 9.94. The van der Waals surface area contributed by atoms with Crippen LogP contribution in [0.2, 0.25) is 0 Å². The molecule has 0 unspecified atom stereocenters. The maximum atomic E-state index is 12.2. The molecule has 0 saturated heterocycles. The van der Waals surface area contributed by atoms with Gasteiger partial charge in [-0.1, -0.05) is 46.8 Å². The lowest BCUT2D eigenvalue weighted by molar-refractivity contribution is -0.125. The number of hydrogen-bond acceptors (Lipinski definition) is 2. The van der Waals surface area contributed by atoms with Gasteiger partial charge in [-0.3, -0.25) is 4.79 Å². The zero-order chi connectivity index (χ0) is 16.8. The molecule has 0 aliphatic heterocycles. The highest BCUT2D eigenvalue weighted by Crippen LogP contribution is 2.23. The number of amides is 1. The standard InChI is InChI=1S/C16H26N2O.C2H6/c1-15(2,3)14(19)18(6)13-9-7-12(8-10-13)11-16(4,5)17;1-2/h7-10H,11,17H2,1-6H3;1-2H3. The lowest BCUT2D eigenvalue weighted by Gasteiger charge is -2.26. The van der Waals surface area contributed by atoms with Gasteiger partial charge in [-0.25, -0.2) is 0 Å². The molecule has 0 aliphatic rings. The van der Waals surface area contributed by atoms with E-state index in [-0.39, 0.29) is 16.9 Å². The second-order valence-corrected chi connectivity index (χ2v) is 6.95. The largest absolute Gasteiger partial charge is 0.325 e. The van der Waals surface area contributed by atoms with E-state index in [1.807, 2.05) is 79.8 Å². The molecule has 3 heteroatoms. The summed E-state index contributed by atoms with van der Waals surface area (Å²) in [4.78, 5) is 13.9. The Morgan fingerprint density at radius 3 is 1.81 bits per heavy atom. The average molecular weight is 292 g/mol. The lowest BCUT2D eigenvalue weighted by Crippen LogP contribution is -2.36. The van der Waals surface area contributed by atoms with Crippen LogP contribution in [0.5, 0.6) is 0 Å². The first-order chi connectivity index (χ1) is 9.50. The Kier molecular flexibility index (Phi) is 7.11. The van der Waals surface area contributed by atoms with E-state index in [9.17, 15) is 4.79 Å². The summed E-state index contributed by atoms with van der Waals surface area (Å²) in [5.41, 5.74) is 7.53. The minimum atomic E-state index is -0.368. The summed E-state index contributed by atoms with van der Waals surface area (Å²) in [6.07, 6.45) is 0.824. The van der Waals surface area contributed by atoms with Crippen molar-refractivity contribution in [1.82, 2.24) is 0 Å². The summed E-state index contributed by atoms with van der Waals surface area (Å²) in [7, 11) is 1.81. The Hall–Kier alpha value is -1.35. The van der Waals surface area contributed by atoms with Gasteiger partial charge < -0.3 is 10.6 Å². The van der Waals surface area contributed by atoms with Crippen LogP contribution in [-0.4, -0.2) is 18.5 Å². The van der Waals surface area contributed by atoms with Crippen LogP contribution >= 0.6 is 0 Å². The molecule has 0 saturated carbocycles. The molecule has 0 heterocycles. The van der Waals surface area contributed by atoms with Gasteiger partial charge in [0, 0.05) is 23.7 Å². The molecule has 2 N–H and O–H groups in total. The van der Waals surface area contributed by atoms with E-state index in [2.05, 4.69) is 0 Å². The molecule has 21 heavy (non-hydrogen) atoms. The van der Waals surface area contributed by atoms with E-state index in [1.54, 1.807) is 4.90 Å². The van der Waals surface area contributed by atoms with E-state index in [0.29, 0.717) is 0 Å². The zero-order valence-electron chi connectivity index (χ0n) is 14.9. The third-order valence-electron chi connectivity index (χ3n) is 2.93. The highest BCUT2D eigenvalue weighted by molar-refractivity contribution is 5.96. The molecule has 0 aromatic heterocycles. The van der Waals surface area contributed by atoms with E-state index >= 15 is 0 Å². The first kappa shape index (κ1) is 19.7. The fourth-order valence-electron chi connectivity index (χ4n) is 1.98. The van der Waals surface area contributed by atoms with Crippen molar-refractivity contribution in [1.29, 1.82) is 0 Å². The average Bonchev–Trinajstić information content (AvgIpc) is 2.37. The second-order valence-electron chi connectivity index (χ2n) is 6.95. The van der Waals surface area contributed by atoms with Gasteiger partial charge in [0.05, 0.1) is 0 Å². The number of nitrogens with two attached hydrogens (primary N) is 1. The summed E-state index contributed by atoms with van der Waals surface area (Å²) in [5.74, 6) is 0.111. The first-order valence-corrected chi connectivity index (χ1v) is 7.67. The van der Waals surface area contributed by atoms with Crippen LogP contribution in [0.4, 0.5) is 5.69 Å². The molecule has 1 amide bonds. The highest BCUT2D eigenvalue weighted by Gasteiger charge is 2.25. The summed E-state index contributed by atoms with van der Waals surface area (Å²) in [6.45, 7) is 13.8. The minimum absolute atomic E-state index is 0.111. The molecule has 0 radical (unpaired) electrons. The van der Waals surface area contributed by atoms with Crippen LogP contribution in [0.1, 0.15) is 54.0 Å². The van der Waals surface area contributed by atoms with Crippen molar-refractivity contribution in [2.24, 2.45) is 11.1 Å².